The van der Waals surface area contributed by atoms with Crippen LogP contribution in [-0.2, 0) is 0 Å². The topological polar surface area (TPSA) is 26.0 Å². The first-order valence-corrected chi connectivity index (χ1v) is 2.85. The minimum absolute atomic E-state index is 1.08. The summed E-state index contributed by atoms with van der Waals surface area (Å²) in [5.41, 5.74) is 5.13. The zero-order chi connectivity index (χ0) is 5.70. The summed E-state index contributed by atoms with van der Waals surface area (Å²) in [5.74, 6) is 0. The molecule has 0 aliphatic carbocycles. The Morgan fingerprint density at radius 2 is 2.43 bits per heavy atom. The number of hydrogen-bond donors (Lipinski definition) is 1. The lowest BCUT2D eigenvalue weighted by Gasteiger charge is -1.86. The third kappa shape index (κ3) is 3.46. The van der Waals surface area contributed by atoms with Crippen LogP contribution in [0.15, 0.2) is 23.1 Å². The van der Waals surface area contributed by atoms with Gasteiger partial charge >= 0.3 is 0 Å². The monoisotopic (exact) mass is 115 g/mol. The third-order valence-electron chi connectivity index (χ3n) is 0.504. The third-order valence-corrected chi connectivity index (χ3v) is 1.18. The lowest BCUT2D eigenvalue weighted by Crippen LogP contribution is -1.77. The molecule has 2 N–H and O–H groups in total. The first-order valence-electron chi connectivity index (χ1n) is 1.97. The smallest absolute Gasteiger partial charge is 0.00351 e. The number of thioether (sulfide) groups is 1. The number of nitrogens with two attached hydrogens (primary N) is 1. The SMILES string of the molecule is C=CSC(C)=CN. The summed E-state index contributed by atoms with van der Waals surface area (Å²) in [6.07, 6.45) is 1.56. The molecule has 0 aromatic carbocycles. The second-order valence-corrected chi connectivity index (χ2v) is 2.27. The molecule has 0 saturated heterocycles. The van der Waals surface area contributed by atoms with Crippen molar-refractivity contribution in [3.63, 3.8) is 0 Å². The van der Waals surface area contributed by atoms with Gasteiger partial charge in [-0.1, -0.05) is 6.58 Å². The highest BCUT2D eigenvalue weighted by molar-refractivity contribution is 8.05. The van der Waals surface area contributed by atoms with Gasteiger partial charge in [-0.3, -0.25) is 0 Å². The van der Waals surface area contributed by atoms with Gasteiger partial charge in [-0.15, -0.1) is 11.8 Å². The summed E-state index contributed by atoms with van der Waals surface area (Å²) in [6.45, 7) is 5.45. The van der Waals surface area contributed by atoms with Crippen LogP contribution in [-0.4, -0.2) is 0 Å². The quantitative estimate of drug-likeness (QED) is 0.592. The molecule has 0 aliphatic heterocycles. The van der Waals surface area contributed by atoms with Gasteiger partial charge in [0, 0.05) is 11.1 Å². The van der Waals surface area contributed by atoms with Crippen LogP contribution in [0.3, 0.4) is 0 Å². The molecular weight excluding hydrogens is 106 g/mol. The van der Waals surface area contributed by atoms with E-state index in [0.29, 0.717) is 0 Å². The maximum atomic E-state index is 5.13. The molecule has 0 fully saturated rings. The molecule has 0 radical (unpaired) electrons. The van der Waals surface area contributed by atoms with Gasteiger partial charge in [0.15, 0.2) is 0 Å². The van der Waals surface area contributed by atoms with Crippen molar-refractivity contribution in [3.8, 4) is 0 Å². The molecule has 0 spiro atoms. The highest BCUT2D eigenvalue weighted by atomic mass is 32.2. The normalized spacial score (nSPS) is 11.3. The molecule has 0 aromatic heterocycles. The number of rotatable bonds is 2. The van der Waals surface area contributed by atoms with Gasteiger partial charge in [0.2, 0.25) is 0 Å². The summed E-state index contributed by atoms with van der Waals surface area (Å²) >= 11 is 1.53. The van der Waals surface area contributed by atoms with E-state index in [-0.39, 0.29) is 0 Å². The average Bonchev–Trinajstić information content (AvgIpc) is 1.68. The number of hydrogen-bond acceptors (Lipinski definition) is 2. The fraction of sp³-hybridized carbons (Fsp3) is 0.200. The van der Waals surface area contributed by atoms with Crippen molar-refractivity contribution in [2.75, 3.05) is 0 Å². The molecule has 7 heavy (non-hydrogen) atoms. The summed E-state index contributed by atoms with van der Waals surface area (Å²) in [5, 5.41) is 1.75. The fourth-order valence-corrected chi connectivity index (χ4v) is 0.512. The minimum atomic E-state index is 1.08. The molecular formula is C5H9NS. The van der Waals surface area contributed by atoms with Crippen LogP contribution in [0, 0.1) is 0 Å². The first-order chi connectivity index (χ1) is 3.31. The molecule has 0 rings (SSSR count). The Balaban J connectivity index is 3.36. The second-order valence-electron chi connectivity index (χ2n) is 1.06. The summed E-state index contributed by atoms with van der Waals surface area (Å²) in [4.78, 5) is 1.08. The van der Waals surface area contributed by atoms with Crippen LogP contribution in [0.25, 0.3) is 0 Å². The summed E-state index contributed by atoms with van der Waals surface area (Å²) in [6, 6.07) is 0. The second kappa shape index (κ2) is 3.81. The van der Waals surface area contributed by atoms with E-state index in [4.69, 9.17) is 5.73 Å². The lowest BCUT2D eigenvalue weighted by molar-refractivity contribution is 1.52. The Bertz CT molecular complexity index is 86.1. The Labute approximate surface area is 48.3 Å². The van der Waals surface area contributed by atoms with Gasteiger partial charge < -0.3 is 5.73 Å². The van der Waals surface area contributed by atoms with E-state index in [1.165, 1.54) is 11.8 Å². The van der Waals surface area contributed by atoms with Crippen molar-refractivity contribution in [3.05, 3.63) is 23.1 Å². The fourth-order valence-electron chi connectivity index (χ4n) is 0.171. The van der Waals surface area contributed by atoms with Crippen LogP contribution < -0.4 is 5.73 Å². The van der Waals surface area contributed by atoms with E-state index in [0.717, 1.165) is 4.91 Å². The van der Waals surface area contributed by atoms with Crippen molar-refractivity contribution in [2.45, 2.75) is 6.92 Å². The first kappa shape index (κ1) is 6.63. The van der Waals surface area contributed by atoms with E-state index in [1.807, 2.05) is 6.92 Å². The zero-order valence-electron chi connectivity index (χ0n) is 4.35. The van der Waals surface area contributed by atoms with Crippen molar-refractivity contribution in [1.29, 1.82) is 0 Å². The molecule has 0 atom stereocenters. The summed E-state index contributed by atoms with van der Waals surface area (Å²) < 4.78 is 0. The van der Waals surface area contributed by atoms with Crippen molar-refractivity contribution in [2.24, 2.45) is 5.73 Å². The van der Waals surface area contributed by atoms with Gasteiger partial charge in [-0.05, 0) is 12.3 Å². The van der Waals surface area contributed by atoms with Crippen LogP contribution in [0.1, 0.15) is 6.92 Å². The molecule has 0 amide bonds. The Morgan fingerprint density at radius 1 is 1.86 bits per heavy atom. The molecule has 0 saturated carbocycles. The highest BCUT2D eigenvalue weighted by Gasteiger charge is 1.77. The molecule has 1 nitrogen and oxygen atoms in total. The number of allylic oxidation sites excluding steroid dienone is 1. The zero-order valence-corrected chi connectivity index (χ0v) is 5.16. The standard InChI is InChI=1S/C5H9NS/c1-3-7-5(2)4-6/h3-4H,1,6H2,2H3. The predicted octanol–water partition coefficient (Wildman–Crippen LogP) is 1.68. The minimum Gasteiger partial charge on any atom is -0.404 e. The Morgan fingerprint density at radius 3 is 2.57 bits per heavy atom. The van der Waals surface area contributed by atoms with Crippen molar-refractivity contribution >= 4 is 11.8 Å². The van der Waals surface area contributed by atoms with Gasteiger partial charge in [0.25, 0.3) is 0 Å². The van der Waals surface area contributed by atoms with Crippen molar-refractivity contribution < 1.29 is 0 Å². The molecule has 2 heteroatoms. The van der Waals surface area contributed by atoms with E-state index in [2.05, 4.69) is 6.58 Å². The van der Waals surface area contributed by atoms with Crippen LogP contribution in [0.4, 0.5) is 0 Å². The van der Waals surface area contributed by atoms with Gasteiger partial charge in [-0.2, -0.15) is 0 Å². The van der Waals surface area contributed by atoms with E-state index in [1.54, 1.807) is 11.6 Å². The Hall–Kier alpha value is -0.370. The molecule has 0 aliphatic rings. The van der Waals surface area contributed by atoms with E-state index >= 15 is 0 Å². The molecule has 40 valence electrons. The van der Waals surface area contributed by atoms with Crippen LogP contribution in [0.2, 0.25) is 0 Å². The lowest BCUT2D eigenvalue weighted by atomic mass is 10.7. The van der Waals surface area contributed by atoms with E-state index < -0.39 is 0 Å². The summed E-state index contributed by atoms with van der Waals surface area (Å²) in [7, 11) is 0. The maximum absolute atomic E-state index is 5.13. The maximum Gasteiger partial charge on any atom is 0.00351 e. The molecule has 0 bridgehead atoms. The van der Waals surface area contributed by atoms with Gasteiger partial charge in [0.05, 0.1) is 0 Å². The molecule has 0 aromatic rings. The van der Waals surface area contributed by atoms with Crippen LogP contribution in [0.5, 0.6) is 0 Å². The predicted molar refractivity (Wildman–Crippen MR) is 35.7 cm³/mol. The largest absolute Gasteiger partial charge is 0.404 e. The average molecular weight is 115 g/mol. The van der Waals surface area contributed by atoms with Crippen molar-refractivity contribution in [1.82, 2.24) is 0 Å². The van der Waals surface area contributed by atoms with Gasteiger partial charge in [-0.25, -0.2) is 0 Å². The Kier molecular flexibility index (Phi) is 3.61. The van der Waals surface area contributed by atoms with E-state index in [9.17, 15) is 0 Å². The highest BCUT2D eigenvalue weighted by Crippen LogP contribution is 2.11. The van der Waals surface area contributed by atoms with Crippen LogP contribution >= 0.6 is 11.8 Å². The van der Waals surface area contributed by atoms with Gasteiger partial charge in [0.1, 0.15) is 0 Å². The molecule has 0 unspecified atom stereocenters. The molecule has 0 heterocycles.